The van der Waals surface area contributed by atoms with Gasteiger partial charge in [0.25, 0.3) is 0 Å². The maximum absolute atomic E-state index is 14.4. The van der Waals surface area contributed by atoms with Crippen molar-refractivity contribution < 1.29 is 28.9 Å². The van der Waals surface area contributed by atoms with Gasteiger partial charge in [-0.25, -0.2) is 14.2 Å². The molecule has 0 spiro atoms. The highest BCUT2D eigenvalue weighted by atomic mass is 35.5. The second-order valence-corrected chi connectivity index (χ2v) is 11.0. The Morgan fingerprint density at radius 2 is 1.77 bits per heavy atom. The number of Topliss-reactive ketones (excluding diaryl/α,β-unsaturated/α-hetero) is 1. The van der Waals surface area contributed by atoms with Crippen molar-refractivity contribution in [2.45, 2.75) is 18.4 Å². The number of halogens is 4. The lowest BCUT2D eigenvalue weighted by molar-refractivity contribution is -0.116. The van der Waals surface area contributed by atoms with Gasteiger partial charge in [0.2, 0.25) is 0 Å². The normalized spacial score (nSPS) is 16.7. The summed E-state index contributed by atoms with van der Waals surface area (Å²) in [6.45, 7) is -0.171. The Labute approximate surface area is 243 Å². The molecule has 208 valence electrons. The number of nitrogens with zero attached hydrogens (tertiary/aromatic N) is 2. The highest BCUT2D eigenvalue weighted by Gasteiger charge is 2.45. The van der Waals surface area contributed by atoms with Crippen molar-refractivity contribution >= 4 is 58.1 Å². The minimum Gasteiger partial charge on any atom is -0.489 e. The number of β-amino-alcohol motifs (C(OH)–C–C–N with tert-alkyl or cyclic N) is 1. The number of nitrogens with two attached hydrogens (primary N) is 1. The number of aromatic nitrogens is 1. The van der Waals surface area contributed by atoms with E-state index >= 15 is 0 Å². The molecule has 2 aliphatic rings. The smallest absolute Gasteiger partial charge is 0.337 e. The van der Waals surface area contributed by atoms with Gasteiger partial charge in [-0.15, -0.1) is 0 Å². The van der Waals surface area contributed by atoms with Crippen LogP contribution in [0.5, 0.6) is 5.75 Å². The predicted octanol–water partition coefficient (Wildman–Crippen LogP) is 5.31. The van der Waals surface area contributed by atoms with Gasteiger partial charge in [-0.1, -0.05) is 46.9 Å². The lowest BCUT2D eigenvalue weighted by atomic mass is 9.86. The molecule has 1 aliphatic heterocycles. The number of ketones is 1. The number of ether oxygens (including phenoxy) is 1. The monoisotopic (exact) mass is 605 g/mol. The quantitative estimate of drug-likeness (QED) is 0.280. The summed E-state index contributed by atoms with van der Waals surface area (Å²) in [7, 11) is 0. The molecular weight excluding hydrogens is 584 g/mol. The van der Waals surface area contributed by atoms with Crippen LogP contribution in [0.2, 0.25) is 15.1 Å². The van der Waals surface area contributed by atoms with E-state index in [1.54, 1.807) is 30.3 Å². The fourth-order valence-electron chi connectivity index (χ4n) is 4.58. The highest BCUT2D eigenvalue weighted by Crippen LogP contribution is 2.41. The van der Waals surface area contributed by atoms with Crippen molar-refractivity contribution in [3.05, 3.63) is 91.8 Å². The first-order chi connectivity index (χ1) is 19.0. The number of carboxylic acids is 1. The fourth-order valence-corrected chi connectivity index (χ4v) is 5.53. The first-order valence-electron chi connectivity index (χ1n) is 12.2. The number of hydrogen-bond donors (Lipinski definition) is 3. The molecule has 4 N–H and O–H groups in total. The van der Waals surface area contributed by atoms with E-state index in [0.29, 0.717) is 26.9 Å². The average molecular weight is 607 g/mol. The molecular formula is C28H23Cl3FN3O5. The molecule has 40 heavy (non-hydrogen) atoms. The molecule has 2 aromatic carbocycles. The summed E-state index contributed by atoms with van der Waals surface area (Å²) in [6.07, 6.45) is 2.59. The van der Waals surface area contributed by atoms with Crippen LogP contribution in [0.3, 0.4) is 0 Å². The molecule has 12 heteroatoms. The average Bonchev–Trinajstić information content (AvgIpc) is 3.72. The maximum atomic E-state index is 14.4. The summed E-state index contributed by atoms with van der Waals surface area (Å²) in [4.78, 5) is 29.4. The van der Waals surface area contributed by atoms with Gasteiger partial charge in [0, 0.05) is 23.2 Å². The molecule has 0 amide bonds. The summed E-state index contributed by atoms with van der Waals surface area (Å²) in [6, 6.07) is 10.5. The van der Waals surface area contributed by atoms with Gasteiger partial charge >= 0.3 is 5.97 Å². The van der Waals surface area contributed by atoms with Crippen molar-refractivity contribution in [1.29, 1.82) is 0 Å². The number of hydrogen-bond acceptors (Lipinski definition) is 7. The Morgan fingerprint density at radius 1 is 1.10 bits per heavy atom. The van der Waals surface area contributed by atoms with Gasteiger partial charge in [-0.05, 0) is 43.2 Å². The zero-order chi connectivity index (χ0) is 28.8. The molecule has 1 saturated carbocycles. The second-order valence-electron chi connectivity index (χ2n) is 9.78. The van der Waals surface area contributed by atoms with Crippen LogP contribution in [-0.4, -0.2) is 46.6 Å². The van der Waals surface area contributed by atoms with Crippen LogP contribution in [0.1, 0.15) is 34.3 Å². The van der Waals surface area contributed by atoms with Crippen LogP contribution in [0.25, 0.3) is 5.70 Å². The van der Waals surface area contributed by atoms with Crippen molar-refractivity contribution in [1.82, 2.24) is 4.98 Å². The van der Waals surface area contributed by atoms with Gasteiger partial charge < -0.3 is 25.6 Å². The number of rotatable bonds is 9. The van der Waals surface area contributed by atoms with Gasteiger partial charge in [0.05, 0.1) is 45.0 Å². The van der Waals surface area contributed by atoms with E-state index < -0.39 is 17.4 Å². The number of aliphatic hydroxyl groups is 1. The minimum atomic E-state index is -1.40. The number of pyridine rings is 1. The third-order valence-electron chi connectivity index (χ3n) is 6.90. The molecule has 2 heterocycles. The van der Waals surface area contributed by atoms with Gasteiger partial charge in [0.15, 0.2) is 17.4 Å². The number of carboxylic acid groups (broad SMARTS) is 1. The third kappa shape index (κ3) is 5.47. The standard InChI is InChI=1S/C28H23Cl3FN3O5/c29-19-2-1-3-20(30)23(19)24(33)17(25(36)14-4-5-14)11-40-16-6-7-18(21(31)9-16)28(39)12-35(13-28)26-22(32)8-15(10-34-26)27(37)38/h1-3,6-10,14,39H,4-5,11-13,33H2,(H,37,38). The fraction of sp³-hybridized carbons (Fsp3) is 0.250. The van der Waals surface area contributed by atoms with E-state index in [0.717, 1.165) is 25.1 Å². The van der Waals surface area contributed by atoms with E-state index in [-0.39, 0.29) is 59.1 Å². The first-order valence-corrected chi connectivity index (χ1v) is 13.4. The second kappa shape index (κ2) is 10.9. The van der Waals surface area contributed by atoms with E-state index in [4.69, 9.17) is 50.4 Å². The van der Waals surface area contributed by atoms with E-state index in [2.05, 4.69) is 4.98 Å². The van der Waals surface area contributed by atoms with Crippen molar-refractivity contribution in [3.63, 3.8) is 0 Å². The van der Waals surface area contributed by atoms with Crippen molar-refractivity contribution in [2.75, 3.05) is 24.6 Å². The molecule has 0 bridgehead atoms. The topological polar surface area (TPSA) is 126 Å². The first kappa shape index (κ1) is 28.2. The molecule has 1 saturated heterocycles. The van der Waals surface area contributed by atoms with Gasteiger partial charge in [-0.2, -0.15) is 0 Å². The largest absolute Gasteiger partial charge is 0.489 e. The number of aromatic carboxylic acids is 1. The molecule has 0 unspecified atom stereocenters. The minimum absolute atomic E-state index is 0.0127. The third-order valence-corrected chi connectivity index (χ3v) is 7.84. The highest BCUT2D eigenvalue weighted by molar-refractivity contribution is 6.37. The van der Waals surface area contributed by atoms with E-state index in [1.165, 1.54) is 11.0 Å². The van der Waals surface area contributed by atoms with Crippen LogP contribution in [0, 0.1) is 11.7 Å². The van der Waals surface area contributed by atoms with Crippen molar-refractivity contribution in [2.24, 2.45) is 11.7 Å². The lowest BCUT2D eigenvalue weighted by Gasteiger charge is -2.47. The van der Waals surface area contributed by atoms with Crippen LogP contribution >= 0.6 is 34.8 Å². The Kier molecular flexibility index (Phi) is 7.67. The SMILES string of the molecule is NC(=C(COc1ccc(C2(O)CN(c3ncc(C(=O)O)cc3F)C2)c(Cl)c1)C(=O)C1CC1)c1c(Cl)cccc1Cl. The summed E-state index contributed by atoms with van der Waals surface area (Å²) >= 11 is 19.1. The molecule has 1 aliphatic carbocycles. The van der Waals surface area contributed by atoms with Crippen LogP contribution in [-0.2, 0) is 10.4 Å². The van der Waals surface area contributed by atoms with Crippen LogP contribution < -0.4 is 15.4 Å². The number of carbonyl (C=O) groups is 2. The van der Waals surface area contributed by atoms with Crippen molar-refractivity contribution in [3.8, 4) is 5.75 Å². The zero-order valence-corrected chi connectivity index (χ0v) is 23.1. The Bertz CT molecular complexity index is 1530. The number of carbonyl (C=O) groups excluding carboxylic acids is 1. The number of anilines is 1. The lowest BCUT2D eigenvalue weighted by Crippen LogP contribution is -2.60. The molecule has 0 radical (unpaired) electrons. The summed E-state index contributed by atoms with van der Waals surface area (Å²) in [5, 5.41) is 21.0. The maximum Gasteiger partial charge on any atom is 0.337 e. The Morgan fingerprint density at radius 3 is 2.35 bits per heavy atom. The molecule has 2 fully saturated rings. The number of benzene rings is 2. The van der Waals surface area contributed by atoms with Crippen LogP contribution in [0.4, 0.5) is 10.2 Å². The van der Waals surface area contributed by atoms with Gasteiger partial charge in [-0.3, -0.25) is 4.79 Å². The molecule has 8 nitrogen and oxygen atoms in total. The van der Waals surface area contributed by atoms with E-state index in [1.807, 2.05) is 0 Å². The summed E-state index contributed by atoms with van der Waals surface area (Å²) < 4.78 is 20.3. The predicted molar refractivity (Wildman–Crippen MR) is 150 cm³/mol. The van der Waals surface area contributed by atoms with Crippen LogP contribution in [0.15, 0.2) is 54.2 Å². The summed E-state index contributed by atoms with van der Waals surface area (Å²) in [5.41, 5.74) is 5.89. The molecule has 3 aromatic rings. The Hall–Kier alpha value is -3.37. The Balaban J connectivity index is 1.32. The molecule has 1 aromatic heterocycles. The molecule has 5 rings (SSSR count). The zero-order valence-electron chi connectivity index (χ0n) is 20.8. The van der Waals surface area contributed by atoms with E-state index in [9.17, 15) is 19.1 Å². The van der Waals surface area contributed by atoms with Gasteiger partial charge in [0.1, 0.15) is 18.0 Å². The summed E-state index contributed by atoms with van der Waals surface area (Å²) in [5.74, 6) is -2.08. The molecule has 0 atom stereocenters.